The fourth-order valence-electron chi connectivity index (χ4n) is 3.13. The van der Waals surface area contributed by atoms with Crippen molar-refractivity contribution in [1.82, 2.24) is 5.32 Å². The number of nitrogens with one attached hydrogen (secondary N) is 1. The van der Waals surface area contributed by atoms with Gasteiger partial charge in [-0.25, -0.2) is 0 Å². The second kappa shape index (κ2) is 6.24. The van der Waals surface area contributed by atoms with Gasteiger partial charge in [0.2, 0.25) is 0 Å². The lowest BCUT2D eigenvalue weighted by molar-refractivity contribution is 0.103. The van der Waals surface area contributed by atoms with Gasteiger partial charge in [0.1, 0.15) is 0 Å². The molecular formula is C19H22N2O. The number of nitrogens with two attached hydrogens (primary N) is 1. The van der Waals surface area contributed by atoms with E-state index in [4.69, 9.17) is 10.5 Å². The molecule has 3 N–H and O–H groups in total. The van der Waals surface area contributed by atoms with Gasteiger partial charge in [0, 0.05) is 31.2 Å². The Morgan fingerprint density at radius 3 is 2.50 bits per heavy atom. The molecule has 3 rings (SSSR count). The maximum absolute atomic E-state index is 6.52. The molecule has 1 atom stereocenters. The zero-order valence-corrected chi connectivity index (χ0v) is 13.1. The summed E-state index contributed by atoms with van der Waals surface area (Å²) in [6.45, 7) is 2.91. The number of ether oxygens (including phenoxy) is 1. The van der Waals surface area contributed by atoms with Gasteiger partial charge in [-0.3, -0.25) is 0 Å². The Bertz CT molecular complexity index is 706. The lowest BCUT2D eigenvalue weighted by Gasteiger charge is -2.26. The fraction of sp³-hybridized carbons (Fsp3) is 0.263. The van der Waals surface area contributed by atoms with E-state index in [1.165, 1.54) is 11.1 Å². The third-order valence-electron chi connectivity index (χ3n) is 4.20. The summed E-state index contributed by atoms with van der Waals surface area (Å²) in [5.74, 6) is 0. The van der Waals surface area contributed by atoms with Crippen LogP contribution >= 0.6 is 0 Å². The lowest BCUT2D eigenvalue weighted by Crippen LogP contribution is -2.22. The molecule has 3 heteroatoms. The first-order valence-electron chi connectivity index (χ1n) is 7.70. The van der Waals surface area contributed by atoms with Crippen LogP contribution in [0.25, 0.3) is 11.4 Å². The van der Waals surface area contributed by atoms with Crippen molar-refractivity contribution in [3.8, 4) is 0 Å². The molecule has 0 saturated heterocycles. The Balaban J connectivity index is 2.30. The minimum absolute atomic E-state index is 0.0270. The summed E-state index contributed by atoms with van der Waals surface area (Å²) in [5, 5.41) is 3.44. The van der Waals surface area contributed by atoms with Gasteiger partial charge in [-0.05, 0) is 18.1 Å². The number of fused-ring (bicyclic) bond motifs is 2. The fourth-order valence-corrected chi connectivity index (χ4v) is 3.13. The van der Waals surface area contributed by atoms with E-state index >= 15 is 0 Å². The van der Waals surface area contributed by atoms with Crippen molar-refractivity contribution in [3.63, 3.8) is 0 Å². The van der Waals surface area contributed by atoms with Crippen LogP contribution in [-0.4, -0.2) is 13.7 Å². The van der Waals surface area contributed by atoms with Crippen LogP contribution in [-0.2, 0) is 11.2 Å². The molecule has 3 nitrogen and oxygen atoms in total. The van der Waals surface area contributed by atoms with E-state index in [0.717, 1.165) is 35.5 Å². The molecule has 0 radical (unpaired) electrons. The van der Waals surface area contributed by atoms with E-state index in [1.807, 2.05) is 12.1 Å². The quantitative estimate of drug-likeness (QED) is 0.913. The summed E-state index contributed by atoms with van der Waals surface area (Å²) < 4.78 is 5.78. The molecule has 0 amide bonds. The van der Waals surface area contributed by atoms with Crippen LogP contribution in [0, 0.1) is 0 Å². The largest absolute Gasteiger partial charge is 0.397 e. The molecule has 114 valence electrons. The summed E-state index contributed by atoms with van der Waals surface area (Å²) in [5.41, 5.74) is 12.9. The lowest BCUT2D eigenvalue weighted by atomic mass is 9.88. The molecule has 1 aliphatic carbocycles. The smallest absolute Gasteiger partial charge is 0.0868 e. The van der Waals surface area contributed by atoms with E-state index < -0.39 is 0 Å². The molecule has 1 aliphatic rings. The molecular weight excluding hydrogens is 272 g/mol. The van der Waals surface area contributed by atoms with Crippen LogP contribution in [0.1, 0.15) is 35.3 Å². The third kappa shape index (κ3) is 2.48. The van der Waals surface area contributed by atoms with Crippen molar-refractivity contribution in [3.05, 3.63) is 70.8 Å². The predicted molar refractivity (Wildman–Crippen MR) is 91.0 cm³/mol. The Morgan fingerprint density at radius 2 is 1.77 bits per heavy atom. The first kappa shape index (κ1) is 14.7. The number of hydrogen-bond acceptors (Lipinski definition) is 3. The molecule has 1 unspecified atom stereocenters. The normalized spacial score (nSPS) is 20.5. The summed E-state index contributed by atoms with van der Waals surface area (Å²) in [6, 6.07) is 16.6. The number of rotatable bonds is 3. The summed E-state index contributed by atoms with van der Waals surface area (Å²) >= 11 is 0. The van der Waals surface area contributed by atoms with Crippen LogP contribution in [0.2, 0.25) is 0 Å². The maximum atomic E-state index is 6.52. The summed E-state index contributed by atoms with van der Waals surface area (Å²) in [6.07, 6.45) is 0.850. The van der Waals surface area contributed by atoms with E-state index in [9.17, 15) is 0 Å². The van der Waals surface area contributed by atoms with Gasteiger partial charge in [0.25, 0.3) is 0 Å². The van der Waals surface area contributed by atoms with Crippen LogP contribution < -0.4 is 11.1 Å². The average molecular weight is 294 g/mol. The van der Waals surface area contributed by atoms with E-state index in [-0.39, 0.29) is 6.10 Å². The Labute approximate surface area is 131 Å². The van der Waals surface area contributed by atoms with E-state index in [0.29, 0.717) is 0 Å². The van der Waals surface area contributed by atoms with Crippen molar-refractivity contribution in [2.45, 2.75) is 19.4 Å². The van der Waals surface area contributed by atoms with Gasteiger partial charge in [0.15, 0.2) is 0 Å². The molecule has 0 saturated carbocycles. The highest BCUT2D eigenvalue weighted by atomic mass is 16.5. The van der Waals surface area contributed by atoms with E-state index in [2.05, 4.69) is 48.6 Å². The van der Waals surface area contributed by atoms with Gasteiger partial charge in [0.05, 0.1) is 17.5 Å². The van der Waals surface area contributed by atoms with Crippen LogP contribution in [0.15, 0.2) is 48.5 Å². The van der Waals surface area contributed by atoms with Gasteiger partial charge >= 0.3 is 0 Å². The molecule has 0 fully saturated rings. The third-order valence-corrected chi connectivity index (χ3v) is 4.20. The molecule has 0 bridgehead atoms. The summed E-state index contributed by atoms with van der Waals surface area (Å²) in [4.78, 5) is 0. The topological polar surface area (TPSA) is 47.3 Å². The molecule has 2 aromatic carbocycles. The zero-order chi connectivity index (χ0) is 15.5. The van der Waals surface area contributed by atoms with Crippen molar-refractivity contribution in [2.75, 3.05) is 13.7 Å². The van der Waals surface area contributed by atoms with Gasteiger partial charge in [-0.1, -0.05) is 48.5 Å². The summed E-state index contributed by atoms with van der Waals surface area (Å²) in [7, 11) is 1.77. The second-order valence-corrected chi connectivity index (χ2v) is 5.49. The molecule has 0 heterocycles. The molecule has 0 spiro atoms. The Hall–Kier alpha value is -2.26. The Kier molecular flexibility index (Phi) is 4.16. The molecule has 2 aromatic rings. The highest BCUT2D eigenvalue weighted by Gasteiger charge is 2.23. The van der Waals surface area contributed by atoms with Crippen LogP contribution in [0.3, 0.4) is 0 Å². The highest BCUT2D eigenvalue weighted by Crippen LogP contribution is 2.35. The maximum Gasteiger partial charge on any atom is 0.0868 e. The number of hydrogen-bond donors (Lipinski definition) is 2. The van der Waals surface area contributed by atoms with Crippen LogP contribution in [0.5, 0.6) is 0 Å². The van der Waals surface area contributed by atoms with Crippen molar-refractivity contribution in [2.24, 2.45) is 5.73 Å². The minimum atomic E-state index is 0.0270. The van der Waals surface area contributed by atoms with Crippen LogP contribution in [0.4, 0.5) is 0 Å². The van der Waals surface area contributed by atoms with Crippen molar-refractivity contribution in [1.29, 1.82) is 0 Å². The molecule has 22 heavy (non-hydrogen) atoms. The Morgan fingerprint density at radius 1 is 1.09 bits per heavy atom. The van der Waals surface area contributed by atoms with Gasteiger partial charge in [-0.15, -0.1) is 0 Å². The zero-order valence-electron chi connectivity index (χ0n) is 13.1. The molecule has 0 aliphatic heterocycles. The number of methoxy groups -OCH3 is 1. The second-order valence-electron chi connectivity index (χ2n) is 5.49. The van der Waals surface area contributed by atoms with E-state index in [1.54, 1.807) is 7.11 Å². The SMILES string of the molecule is CCN/C1=C(\N)c2ccccc2CC(OC)c2ccccc21. The average Bonchev–Trinajstić information content (AvgIpc) is 2.56. The monoisotopic (exact) mass is 294 g/mol. The number of benzene rings is 2. The van der Waals surface area contributed by atoms with Gasteiger partial charge in [-0.2, -0.15) is 0 Å². The first-order chi connectivity index (χ1) is 10.8. The highest BCUT2D eigenvalue weighted by molar-refractivity contribution is 5.90. The van der Waals surface area contributed by atoms with Gasteiger partial charge < -0.3 is 15.8 Å². The standard InChI is InChI=1S/C19H22N2O/c1-3-21-19-16-11-7-6-10-15(16)17(22-2)12-13-8-4-5-9-14(13)18(19)20/h4-11,17,21H,3,12,20H2,1-2H3/b19-18-. The predicted octanol–water partition coefficient (Wildman–Crippen LogP) is 3.32. The van der Waals surface area contributed by atoms with Crippen molar-refractivity contribution >= 4 is 11.4 Å². The first-order valence-corrected chi connectivity index (χ1v) is 7.70. The minimum Gasteiger partial charge on any atom is -0.397 e. The molecule has 0 aromatic heterocycles. The van der Waals surface area contributed by atoms with Crippen molar-refractivity contribution < 1.29 is 4.74 Å².